The van der Waals surface area contributed by atoms with Crippen LogP contribution in [0.1, 0.15) is 239 Å². The van der Waals surface area contributed by atoms with E-state index in [1.807, 2.05) is 0 Å². The van der Waals surface area contributed by atoms with Crippen LogP contribution in [0.4, 0.5) is 0 Å². The molecule has 0 saturated heterocycles. The van der Waals surface area contributed by atoms with Crippen molar-refractivity contribution in [3.05, 3.63) is 24.3 Å². The van der Waals surface area contributed by atoms with Gasteiger partial charge in [0.05, 0.1) is 17.9 Å². The van der Waals surface area contributed by atoms with E-state index >= 15 is 0 Å². The third-order valence-corrected chi connectivity index (χ3v) is 11.6. The highest BCUT2D eigenvalue weighted by molar-refractivity contribution is 7.85. The maximum atomic E-state index is 12.7. The van der Waals surface area contributed by atoms with Crippen molar-refractivity contribution >= 4 is 16.0 Å². The quantitative estimate of drug-likeness (QED) is 0.0278. The summed E-state index contributed by atoms with van der Waals surface area (Å²) in [6.45, 7) is 4.50. The molecule has 0 radical (unpaired) electrons. The Balaban J connectivity index is 3.91. The van der Waals surface area contributed by atoms with Gasteiger partial charge in [0.2, 0.25) is 5.91 Å². The summed E-state index contributed by atoms with van der Waals surface area (Å²) in [5.74, 6) is -1.45. The lowest BCUT2D eigenvalue weighted by Crippen LogP contribution is -2.50. The Kier molecular flexibility index (Phi) is 39.1. The van der Waals surface area contributed by atoms with Crippen LogP contribution in [0.2, 0.25) is 0 Å². The zero-order chi connectivity index (χ0) is 39.8. The molecule has 0 spiro atoms. The molecule has 0 saturated carbocycles. The first kappa shape index (κ1) is 52.8. The Bertz CT molecular complexity index is 968. The van der Waals surface area contributed by atoms with Crippen molar-refractivity contribution < 1.29 is 28.0 Å². The van der Waals surface area contributed by atoms with Crippen LogP contribution in [0.25, 0.3) is 0 Å². The number of rotatable bonds is 42. The van der Waals surface area contributed by atoms with Gasteiger partial charge in [-0.2, -0.15) is 8.42 Å². The lowest BCUT2D eigenvalue weighted by molar-refractivity contribution is -0.131. The molecule has 0 aromatic heterocycles. The normalized spacial score (nSPS) is 13.9. The number of carbonyl (C=O) groups excluding carboxylic acids is 1. The molecule has 0 heterocycles. The van der Waals surface area contributed by atoms with E-state index in [-0.39, 0.29) is 0 Å². The van der Waals surface area contributed by atoms with Crippen molar-refractivity contribution in [1.82, 2.24) is 5.32 Å². The molecule has 0 rings (SSSR count). The number of carbonyl (C=O) groups is 1. The molecule has 0 aliphatic heterocycles. The lowest BCUT2D eigenvalue weighted by atomic mass is 10.0. The first-order valence-corrected chi connectivity index (χ1v) is 24.8. The summed E-state index contributed by atoms with van der Waals surface area (Å²) in [6.07, 6.45) is 47.6. The predicted octanol–water partition coefficient (Wildman–Crippen LogP) is 12.9. The average Bonchev–Trinajstić information content (AvgIpc) is 3.14. The van der Waals surface area contributed by atoms with Crippen LogP contribution in [0.3, 0.4) is 0 Å². The molecule has 3 unspecified atom stereocenters. The second-order valence-electron chi connectivity index (χ2n) is 16.2. The van der Waals surface area contributed by atoms with Crippen molar-refractivity contribution in [2.24, 2.45) is 0 Å². The summed E-state index contributed by atoms with van der Waals surface area (Å²) >= 11 is 0. The Morgan fingerprint density at radius 1 is 0.500 bits per heavy atom. The van der Waals surface area contributed by atoms with E-state index in [0.29, 0.717) is 19.3 Å². The Morgan fingerprint density at radius 2 is 0.815 bits per heavy atom. The molecule has 8 heteroatoms. The molecule has 0 aromatic rings. The third kappa shape index (κ3) is 39.0. The van der Waals surface area contributed by atoms with Gasteiger partial charge < -0.3 is 15.5 Å². The highest BCUT2D eigenvalue weighted by Gasteiger charge is 2.28. The van der Waals surface area contributed by atoms with Crippen LogP contribution in [-0.4, -0.2) is 53.1 Å². The van der Waals surface area contributed by atoms with Crippen molar-refractivity contribution in [2.75, 3.05) is 5.75 Å². The van der Waals surface area contributed by atoms with Crippen LogP contribution < -0.4 is 5.32 Å². The van der Waals surface area contributed by atoms with Crippen molar-refractivity contribution in [2.45, 2.75) is 257 Å². The van der Waals surface area contributed by atoms with Crippen LogP contribution in [0, 0.1) is 0 Å². The molecule has 0 aromatic carbocycles. The minimum absolute atomic E-state index is 0.293. The highest BCUT2D eigenvalue weighted by atomic mass is 32.2. The summed E-state index contributed by atoms with van der Waals surface area (Å²) in [5, 5.41) is 23.6. The molecule has 0 fully saturated rings. The van der Waals surface area contributed by atoms with Gasteiger partial charge in [-0.1, -0.05) is 224 Å². The lowest BCUT2D eigenvalue weighted by Gasteiger charge is -2.24. The smallest absolute Gasteiger partial charge is 0.266 e. The van der Waals surface area contributed by atoms with Gasteiger partial charge in [0, 0.05) is 0 Å². The zero-order valence-corrected chi connectivity index (χ0v) is 36.3. The molecule has 0 aliphatic carbocycles. The first-order chi connectivity index (χ1) is 26.2. The van der Waals surface area contributed by atoms with E-state index in [1.165, 1.54) is 154 Å². The average molecular weight is 784 g/mol. The SMILES string of the molecule is CCCCC/C=C\C=C/CCCCCCCCCCCC(O)C(=O)NC(CS(=O)(=O)O)C(O)CCCCCCCCCCCCCCCCCCCCC. The van der Waals surface area contributed by atoms with Crippen molar-refractivity contribution in [1.29, 1.82) is 0 Å². The van der Waals surface area contributed by atoms with Crippen LogP contribution in [0.5, 0.6) is 0 Å². The molecule has 0 bridgehead atoms. The van der Waals surface area contributed by atoms with Gasteiger partial charge in [-0.25, -0.2) is 0 Å². The van der Waals surface area contributed by atoms with Crippen LogP contribution in [0.15, 0.2) is 24.3 Å². The topological polar surface area (TPSA) is 124 Å². The highest BCUT2D eigenvalue weighted by Crippen LogP contribution is 2.17. The van der Waals surface area contributed by atoms with Gasteiger partial charge >= 0.3 is 0 Å². The van der Waals surface area contributed by atoms with Crippen LogP contribution in [-0.2, 0) is 14.9 Å². The predicted molar refractivity (Wildman–Crippen MR) is 232 cm³/mol. The molecule has 54 heavy (non-hydrogen) atoms. The summed E-state index contributed by atoms with van der Waals surface area (Å²) in [6, 6.07) is -1.15. The molecule has 0 aliphatic rings. The molecule has 1 amide bonds. The second-order valence-corrected chi connectivity index (χ2v) is 17.7. The van der Waals surface area contributed by atoms with Crippen molar-refractivity contribution in [3.63, 3.8) is 0 Å². The van der Waals surface area contributed by atoms with Gasteiger partial charge in [0.15, 0.2) is 0 Å². The fourth-order valence-electron chi connectivity index (χ4n) is 7.22. The number of nitrogens with one attached hydrogen (secondary N) is 1. The van der Waals surface area contributed by atoms with E-state index in [4.69, 9.17) is 0 Å². The van der Waals surface area contributed by atoms with Gasteiger partial charge in [0.25, 0.3) is 10.1 Å². The van der Waals surface area contributed by atoms with Gasteiger partial charge in [-0.3, -0.25) is 9.35 Å². The fraction of sp³-hybridized carbons (Fsp3) is 0.891. The summed E-state index contributed by atoms with van der Waals surface area (Å²) in [4.78, 5) is 12.7. The first-order valence-electron chi connectivity index (χ1n) is 23.1. The third-order valence-electron chi connectivity index (χ3n) is 10.8. The molecule has 320 valence electrons. The molecular weight excluding hydrogens is 695 g/mol. The number of amides is 1. The molecular formula is C46H89NO6S. The zero-order valence-electron chi connectivity index (χ0n) is 35.5. The van der Waals surface area contributed by atoms with E-state index < -0.39 is 40.0 Å². The van der Waals surface area contributed by atoms with Gasteiger partial charge in [0.1, 0.15) is 6.10 Å². The standard InChI is InChI=1S/C46H89NO6S/c1-3-5-7-9-11-13-15-17-19-21-23-25-26-28-30-32-34-36-38-40-44(48)43(42-54(51,52)53)47-46(50)45(49)41-39-37-35-33-31-29-27-24-22-20-18-16-14-12-10-8-6-4-2/h12,14,16,18,43-45,48-49H,3-11,13,15,17,19-42H2,1-2H3,(H,47,50)(H,51,52,53)/b14-12-,18-16-. The number of hydrogen-bond acceptors (Lipinski definition) is 5. The Morgan fingerprint density at radius 3 is 1.20 bits per heavy atom. The number of aliphatic hydroxyl groups is 2. The van der Waals surface area contributed by atoms with E-state index in [1.54, 1.807) is 0 Å². The largest absolute Gasteiger partial charge is 0.391 e. The maximum absolute atomic E-state index is 12.7. The van der Waals surface area contributed by atoms with Crippen LogP contribution >= 0.6 is 0 Å². The minimum atomic E-state index is -4.41. The van der Waals surface area contributed by atoms with Gasteiger partial charge in [-0.05, 0) is 38.5 Å². The minimum Gasteiger partial charge on any atom is -0.391 e. The number of allylic oxidation sites excluding steroid dienone is 4. The number of hydrogen-bond donors (Lipinski definition) is 4. The summed E-state index contributed by atoms with van der Waals surface area (Å²) in [7, 11) is -4.41. The Labute approximate surface area is 335 Å². The maximum Gasteiger partial charge on any atom is 0.266 e. The van der Waals surface area contributed by atoms with Crippen molar-refractivity contribution in [3.8, 4) is 0 Å². The molecule has 7 nitrogen and oxygen atoms in total. The molecule has 3 atom stereocenters. The van der Waals surface area contributed by atoms with E-state index in [2.05, 4.69) is 43.5 Å². The second kappa shape index (κ2) is 40.0. The number of aliphatic hydroxyl groups excluding tert-OH is 2. The van der Waals surface area contributed by atoms with Gasteiger partial charge in [-0.15, -0.1) is 0 Å². The fourth-order valence-corrected chi connectivity index (χ4v) is 7.98. The molecule has 4 N–H and O–H groups in total. The monoisotopic (exact) mass is 784 g/mol. The number of unbranched alkanes of at least 4 members (excludes halogenated alkanes) is 30. The Hall–Kier alpha value is -1.22. The van der Waals surface area contributed by atoms with E-state index in [9.17, 15) is 28.0 Å². The summed E-state index contributed by atoms with van der Waals surface area (Å²) in [5.41, 5.74) is 0. The summed E-state index contributed by atoms with van der Waals surface area (Å²) < 4.78 is 32.7. The van der Waals surface area contributed by atoms with E-state index in [0.717, 1.165) is 51.4 Å².